The molecule has 1 saturated heterocycles. The van der Waals surface area contributed by atoms with E-state index in [0.717, 1.165) is 36.5 Å². The second-order valence-corrected chi connectivity index (χ2v) is 6.36. The number of rotatable bonds is 3. The molecular formula is C14H17F4NS. The molecule has 0 saturated carbocycles. The largest absolute Gasteiger partial charge is 0.419 e. The molecule has 1 aliphatic rings. The van der Waals surface area contributed by atoms with Gasteiger partial charge in [-0.15, -0.1) is 0 Å². The third-order valence-corrected chi connectivity index (χ3v) is 4.70. The lowest BCUT2D eigenvalue weighted by molar-refractivity contribution is -0.140. The number of alkyl halides is 3. The molecule has 0 aromatic heterocycles. The quantitative estimate of drug-likeness (QED) is 0.839. The standard InChI is InChI=1S/C14H17F4NS/c15-12-8-10(1-2-11(12)14(16,17)18)13(19)7-9-3-5-20-6-4-9/h1-2,8-9,13H,3-7,19H2. The first-order valence-electron chi connectivity index (χ1n) is 6.58. The van der Waals surface area contributed by atoms with Crippen molar-refractivity contribution >= 4 is 11.8 Å². The van der Waals surface area contributed by atoms with Gasteiger partial charge >= 0.3 is 6.18 Å². The number of benzene rings is 1. The van der Waals surface area contributed by atoms with E-state index in [2.05, 4.69) is 0 Å². The molecule has 2 rings (SSSR count). The van der Waals surface area contributed by atoms with Crippen LogP contribution >= 0.6 is 11.8 Å². The first kappa shape index (κ1) is 15.6. The van der Waals surface area contributed by atoms with Gasteiger partial charge < -0.3 is 5.73 Å². The van der Waals surface area contributed by atoms with E-state index in [1.54, 1.807) is 0 Å². The molecule has 0 spiro atoms. The fraction of sp³-hybridized carbons (Fsp3) is 0.571. The first-order valence-corrected chi connectivity index (χ1v) is 7.73. The second kappa shape index (κ2) is 6.35. The predicted molar refractivity (Wildman–Crippen MR) is 73.0 cm³/mol. The Kier molecular flexibility index (Phi) is 4.96. The van der Waals surface area contributed by atoms with Gasteiger partial charge in [0.2, 0.25) is 0 Å². The molecule has 6 heteroatoms. The molecule has 1 fully saturated rings. The summed E-state index contributed by atoms with van der Waals surface area (Å²) in [4.78, 5) is 0. The topological polar surface area (TPSA) is 26.0 Å². The monoisotopic (exact) mass is 307 g/mol. The molecule has 0 aliphatic carbocycles. The van der Waals surface area contributed by atoms with Gasteiger partial charge in [-0.05, 0) is 54.4 Å². The van der Waals surface area contributed by atoms with Crippen LogP contribution in [0.4, 0.5) is 17.6 Å². The Morgan fingerprint density at radius 1 is 1.25 bits per heavy atom. The Hall–Kier alpha value is -0.750. The van der Waals surface area contributed by atoms with Crippen LogP contribution in [0.3, 0.4) is 0 Å². The number of thioether (sulfide) groups is 1. The van der Waals surface area contributed by atoms with E-state index in [-0.39, 0.29) is 0 Å². The fourth-order valence-electron chi connectivity index (χ4n) is 2.47. The van der Waals surface area contributed by atoms with E-state index in [4.69, 9.17) is 5.73 Å². The van der Waals surface area contributed by atoms with E-state index in [1.165, 1.54) is 6.07 Å². The van der Waals surface area contributed by atoms with Crippen molar-refractivity contribution in [3.63, 3.8) is 0 Å². The normalized spacial score (nSPS) is 19.1. The number of hydrogen-bond donors (Lipinski definition) is 1. The summed E-state index contributed by atoms with van der Waals surface area (Å²) in [7, 11) is 0. The maximum Gasteiger partial charge on any atom is 0.419 e. The van der Waals surface area contributed by atoms with Gasteiger partial charge in [-0.2, -0.15) is 24.9 Å². The summed E-state index contributed by atoms with van der Waals surface area (Å²) in [5, 5.41) is 0. The van der Waals surface area contributed by atoms with Crippen molar-refractivity contribution in [1.29, 1.82) is 0 Å². The van der Waals surface area contributed by atoms with Crippen LogP contribution in [-0.2, 0) is 6.18 Å². The van der Waals surface area contributed by atoms with Crippen molar-refractivity contribution in [1.82, 2.24) is 0 Å². The third kappa shape index (κ3) is 3.88. The van der Waals surface area contributed by atoms with Crippen LogP contribution in [0.25, 0.3) is 0 Å². The minimum atomic E-state index is -4.66. The van der Waals surface area contributed by atoms with E-state index in [9.17, 15) is 17.6 Å². The molecule has 112 valence electrons. The Bertz CT molecular complexity index is 455. The van der Waals surface area contributed by atoms with Crippen LogP contribution in [-0.4, -0.2) is 11.5 Å². The van der Waals surface area contributed by atoms with Gasteiger partial charge in [0.1, 0.15) is 5.82 Å². The van der Waals surface area contributed by atoms with Gasteiger partial charge in [0.25, 0.3) is 0 Å². The lowest BCUT2D eigenvalue weighted by atomic mass is 9.91. The molecule has 1 unspecified atom stereocenters. The highest BCUT2D eigenvalue weighted by molar-refractivity contribution is 7.99. The minimum Gasteiger partial charge on any atom is -0.324 e. The summed E-state index contributed by atoms with van der Waals surface area (Å²) >= 11 is 1.90. The SMILES string of the molecule is NC(CC1CCSCC1)c1ccc(C(F)(F)F)c(F)c1. The van der Waals surface area contributed by atoms with E-state index in [0.29, 0.717) is 17.9 Å². The van der Waals surface area contributed by atoms with Gasteiger partial charge in [0.15, 0.2) is 0 Å². The van der Waals surface area contributed by atoms with Crippen LogP contribution < -0.4 is 5.73 Å². The second-order valence-electron chi connectivity index (χ2n) is 5.13. The lowest BCUT2D eigenvalue weighted by Crippen LogP contribution is -2.19. The van der Waals surface area contributed by atoms with Crippen molar-refractivity contribution < 1.29 is 17.6 Å². The summed E-state index contributed by atoms with van der Waals surface area (Å²) in [6, 6.07) is 2.58. The zero-order valence-corrected chi connectivity index (χ0v) is 11.7. The van der Waals surface area contributed by atoms with Gasteiger partial charge in [-0.3, -0.25) is 0 Å². The minimum absolute atomic E-state index is 0.403. The molecule has 1 aromatic rings. The Morgan fingerprint density at radius 2 is 1.90 bits per heavy atom. The van der Waals surface area contributed by atoms with Crippen molar-refractivity contribution in [3.05, 3.63) is 35.1 Å². The van der Waals surface area contributed by atoms with Gasteiger partial charge in [-0.1, -0.05) is 6.07 Å². The van der Waals surface area contributed by atoms with Gasteiger partial charge in [0, 0.05) is 6.04 Å². The van der Waals surface area contributed by atoms with Crippen LogP contribution in [0.5, 0.6) is 0 Å². The fourth-order valence-corrected chi connectivity index (χ4v) is 3.67. The molecule has 20 heavy (non-hydrogen) atoms. The first-order chi connectivity index (χ1) is 9.38. The average Bonchev–Trinajstić information content (AvgIpc) is 2.38. The van der Waals surface area contributed by atoms with Gasteiger partial charge in [-0.25, -0.2) is 4.39 Å². The number of nitrogens with two attached hydrogens (primary N) is 1. The zero-order valence-electron chi connectivity index (χ0n) is 10.9. The maximum atomic E-state index is 13.5. The van der Waals surface area contributed by atoms with Crippen LogP contribution in [0.15, 0.2) is 18.2 Å². The highest BCUT2D eigenvalue weighted by Crippen LogP contribution is 2.34. The van der Waals surface area contributed by atoms with Crippen LogP contribution in [0.1, 0.15) is 36.4 Å². The predicted octanol–water partition coefficient (Wildman–Crippen LogP) is 4.38. The number of halogens is 4. The van der Waals surface area contributed by atoms with Crippen molar-refractivity contribution in [3.8, 4) is 0 Å². The third-order valence-electron chi connectivity index (χ3n) is 3.65. The molecule has 1 aliphatic heterocycles. The summed E-state index contributed by atoms with van der Waals surface area (Å²) < 4.78 is 50.9. The maximum absolute atomic E-state index is 13.5. The molecule has 1 nitrogen and oxygen atoms in total. The van der Waals surface area contributed by atoms with Crippen molar-refractivity contribution in [2.45, 2.75) is 31.5 Å². The Balaban J connectivity index is 2.06. The summed E-state index contributed by atoms with van der Waals surface area (Å²) in [6.07, 6.45) is -1.82. The van der Waals surface area contributed by atoms with E-state index in [1.807, 2.05) is 11.8 Å². The highest BCUT2D eigenvalue weighted by Gasteiger charge is 2.34. The Labute approximate surface area is 119 Å². The van der Waals surface area contributed by atoms with Crippen LogP contribution in [0, 0.1) is 11.7 Å². The molecule has 0 amide bonds. The molecule has 1 aromatic carbocycles. The number of hydrogen-bond acceptors (Lipinski definition) is 2. The van der Waals surface area contributed by atoms with Crippen LogP contribution in [0.2, 0.25) is 0 Å². The van der Waals surface area contributed by atoms with Crippen molar-refractivity contribution in [2.75, 3.05) is 11.5 Å². The Morgan fingerprint density at radius 3 is 2.45 bits per heavy atom. The molecular weight excluding hydrogens is 290 g/mol. The highest BCUT2D eigenvalue weighted by atomic mass is 32.2. The molecule has 2 N–H and O–H groups in total. The summed E-state index contributed by atoms with van der Waals surface area (Å²) in [6.45, 7) is 0. The molecule has 0 bridgehead atoms. The molecule has 1 atom stereocenters. The van der Waals surface area contributed by atoms with Crippen molar-refractivity contribution in [2.24, 2.45) is 11.7 Å². The van der Waals surface area contributed by atoms with E-state index < -0.39 is 23.6 Å². The van der Waals surface area contributed by atoms with Gasteiger partial charge in [0.05, 0.1) is 5.56 Å². The lowest BCUT2D eigenvalue weighted by Gasteiger charge is -2.24. The molecule has 1 heterocycles. The molecule has 0 radical (unpaired) electrons. The van der Waals surface area contributed by atoms with E-state index >= 15 is 0 Å². The summed E-state index contributed by atoms with van der Waals surface area (Å²) in [5.41, 5.74) is 5.20. The average molecular weight is 307 g/mol. The summed E-state index contributed by atoms with van der Waals surface area (Å²) in [5.74, 6) is 1.43. The zero-order chi connectivity index (χ0) is 14.8. The smallest absolute Gasteiger partial charge is 0.324 e.